The fourth-order valence-corrected chi connectivity index (χ4v) is 0. The van der Waals surface area contributed by atoms with Gasteiger partial charge in [0.25, 0.3) is 0 Å². The average molecular weight is 768 g/mol. The van der Waals surface area contributed by atoms with Crippen molar-refractivity contribution in [2.24, 2.45) is 0 Å². The quantitative estimate of drug-likeness (QED) is 0.285. The van der Waals surface area contributed by atoms with Crippen LogP contribution in [0.15, 0.2) is 0 Å². The average Bonchev–Trinajstić information content (AvgIpc) is 2.39. The van der Waals surface area contributed by atoms with E-state index in [4.69, 9.17) is 0 Å². The molecule has 0 fully saturated rings. The van der Waals surface area contributed by atoms with Gasteiger partial charge in [0.2, 0.25) is 0 Å². The summed E-state index contributed by atoms with van der Waals surface area (Å²) in [4.78, 5) is 0. The number of hydrogen-bond acceptors (Lipinski definition) is 4. The van der Waals surface area contributed by atoms with Gasteiger partial charge < -0.3 is 20.4 Å². The second-order valence-corrected chi connectivity index (χ2v) is 2.82. The van der Waals surface area contributed by atoms with E-state index in [1.807, 2.05) is 27.7 Å². The summed E-state index contributed by atoms with van der Waals surface area (Å²) in [6.07, 6.45) is 3.06. The monoisotopic (exact) mass is 768 g/mol. The zero-order chi connectivity index (χ0) is 13.7. The minimum absolute atomic E-state index is 0. The van der Waals surface area contributed by atoms with Crippen molar-refractivity contribution in [1.29, 1.82) is 0 Å². The van der Waals surface area contributed by atoms with Crippen LogP contribution >= 0.6 is 0 Å². The van der Waals surface area contributed by atoms with Crippen LogP contribution in [0.25, 0.3) is 0 Å². The summed E-state index contributed by atoms with van der Waals surface area (Å²) < 4.78 is 0. The predicted molar refractivity (Wildman–Crippen MR) is 60.6 cm³/mol. The van der Waals surface area contributed by atoms with Crippen LogP contribution in [0.4, 0.5) is 0 Å². The maximum Gasteiger partial charge on any atom is 1.00 e. The summed E-state index contributed by atoms with van der Waals surface area (Å²) in [7, 11) is 0. The van der Waals surface area contributed by atoms with E-state index < -0.39 is 0 Å². The van der Waals surface area contributed by atoms with Gasteiger partial charge in [-0.3, -0.25) is 0 Å². The third-order valence-corrected chi connectivity index (χ3v) is 0.816. The minimum atomic E-state index is 0. The van der Waals surface area contributed by atoms with Crippen LogP contribution in [0.2, 0.25) is 0 Å². The Hall–Kier alpha value is 8.05. The Morgan fingerprint density at radius 2 is 0.450 bits per heavy atom. The van der Waals surface area contributed by atoms with E-state index in [1.54, 1.807) is 0 Å². The third kappa shape index (κ3) is 113. The molecule has 0 amide bonds. The molecule has 0 saturated heterocycles. The van der Waals surface area contributed by atoms with E-state index >= 15 is 0 Å². The maximum absolute atomic E-state index is 9.30. The van der Waals surface area contributed by atoms with E-state index in [0.29, 0.717) is 0 Å². The van der Waals surface area contributed by atoms with Gasteiger partial charge in [-0.15, -0.1) is 26.4 Å². The van der Waals surface area contributed by atoms with E-state index in [9.17, 15) is 20.4 Å². The zero-order valence-corrected chi connectivity index (χ0v) is 40.4. The van der Waals surface area contributed by atoms with E-state index in [2.05, 4.69) is 0 Å². The normalized spacial score (nSPS) is 6.00. The molecule has 8 heteroatoms. The molecule has 0 aromatic rings. The Balaban J connectivity index is -0.0000000150. The fourth-order valence-electron chi connectivity index (χ4n) is 0. The smallest absolute Gasteiger partial charge is 0.854 e. The Labute approximate surface area is 362 Å². The SMILES string of the molecule is CCC[O-].CCC[O-].CCC[O-].CCC[O-].[Cs+].[Cs+].[Cs+].[Cs+]. The molecule has 0 heterocycles. The number of rotatable bonds is 4. The van der Waals surface area contributed by atoms with Crippen molar-refractivity contribution < 1.29 is 296 Å². The van der Waals surface area contributed by atoms with Gasteiger partial charge in [-0.1, -0.05) is 53.4 Å². The summed E-state index contributed by atoms with van der Waals surface area (Å²) in [5.41, 5.74) is 0. The van der Waals surface area contributed by atoms with Crippen LogP contribution in [0.3, 0.4) is 0 Å². The van der Waals surface area contributed by atoms with Crippen molar-refractivity contribution in [3.05, 3.63) is 0 Å². The fraction of sp³-hybridized carbons (Fsp3) is 1.00. The van der Waals surface area contributed by atoms with Gasteiger partial charge in [0.15, 0.2) is 0 Å². The second kappa shape index (κ2) is 71.3. The summed E-state index contributed by atoms with van der Waals surface area (Å²) in [5.74, 6) is 0. The van der Waals surface area contributed by atoms with Crippen LogP contribution in [-0.4, -0.2) is 26.4 Å². The first-order valence-electron chi connectivity index (χ1n) is 5.98. The molecule has 0 aliphatic heterocycles. The summed E-state index contributed by atoms with van der Waals surface area (Å²) in [5, 5.41) is 37.2. The molecule has 0 bridgehead atoms. The molecular formula is C12H28Cs4O4. The molecule has 4 nitrogen and oxygen atoms in total. The van der Waals surface area contributed by atoms with Gasteiger partial charge in [-0.2, -0.15) is 0 Å². The Kier molecular flexibility index (Phi) is 182. The van der Waals surface area contributed by atoms with Gasteiger partial charge in [0.05, 0.1) is 0 Å². The van der Waals surface area contributed by atoms with Crippen LogP contribution in [0.1, 0.15) is 53.4 Å². The minimum Gasteiger partial charge on any atom is -0.854 e. The van der Waals surface area contributed by atoms with Gasteiger partial charge in [0, 0.05) is 0 Å². The standard InChI is InChI=1S/4C3H7O.4Cs/c4*1-2-3-4;;;;/h4*2-3H2,1H3;;;;/q4*-1;4*+1. The molecule has 0 aliphatic carbocycles. The van der Waals surface area contributed by atoms with Crippen LogP contribution in [0, 0.1) is 0 Å². The molecular weight excluding hydrogens is 740 g/mol. The molecule has 104 valence electrons. The molecule has 0 atom stereocenters. The Morgan fingerprint density at radius 3 is 0.450 bits per heavy atom. The molecule has 0 aromatic carbocycles. The van der Waals surface area contributed by atoms with Crippen LogP contribution in [-0.2, 0) is 0 Å². The van der Waals surface area contributed by atoms with Crippen LogP contribution < -0.4 is 296 Å². The molecule has 0 unspecified atom stereocenters. The van der Waals surface area contributed by atoms with Crippen LogP contribution in [0.5, 0.6) is 0 Å². The van der Waals surface area contributed by atoms with Crippen molar-refractivity contribution in [1.82, 2.24) is 0 Å². The largest absolute Gasteiger partial charge is 1.00 e. The summed E-state index contributed by atoms with van der Waals surface area (Å²) in [6, 6.07) is 0. The predicted octanol–water partition coefficient (Wildman–Crippen LogP) is -13.0. The maximum atomic E-state index is 9.30. The van der Waals surface area contributed by atoms with Crippen molar-refractivity contribution >= 4 is 0 Å². The van der Waals surface area contributed by atoms with E-state index in [1.165, 1.54) is 0 Å². The number of hydrogen-bond donors (Lipinski definition) is 0. The molecule has 0 aliphatic rings. The zero-order valence-electron chi connectivity index (χ0n) is 15.3. The molecule has 0 N–H and O–H groups in total. The molecule has 20 heavy (non-hydrogen) atoms. The van der Waals surface area contributed by atoms with Gasteiger partial charge in [0.1, 0.15) is 0 Å². The van der Waals surface area contributed by atoms with E-state index in [0.717, 1.165) is 25.7 Å². The van der Waals surface area contributed by atoms with Gasteiger partial charge >= 0.3 is 276 Å². The van der Waals surface area contributed by atoms with Crippen molar-refractivity contribution in [2.75, 3.05) is 26.4 Å². The van der Waals surface area contributed by atoms with Crippen molar-refractivity contribution in [3.8, 4) is 0 Å². The van der Waals surface area contributed by atoms with Gasteiger partial charge in [-0.25, -0.2) is 0 Å². The first-order valence-corrected chi connectivity index (χ1v) is 5.98. The first-order chi connectivity index (χ1) is 7.66. The molecule has 0 rings (SSSR count). The molecule has 0 spiro atoms. The molecule has 0 saturated carbocycles. The molecule has 0 radical (unpaired) electrons. The van der Waals surface area contributed by atoms with Gasteiger partial charge in [-0.05, 0) is 0 Å². The first kappa shape index (κ1) is 51.1. The molecule has 0 aromatic heterocycles. The van der Waals surface area contributed by atoms with E-state index in [-0.39, 0.29) is 302 Å². The third-order valence-electron chi connectivity index (χ3n) is 0.816. The summed E-state index contributed by atoms with van der Waals surface area (Å²) in [6.45, 7) is 7.75. The Morgan fingerprint density at radius 1 is 0.400 bits per heavy atom. The van der Waals surface area contributed by atoms with Crippen molar-refractivity contribution in [3.63, 3.8) is 0 Å². The van der Waals surface area contributed by atoms with Crippen molar-refractivity contribution in [2.45, 2.75) is 53.4 Å². The topological polar surface area (TPSA) is 92.2 Å². The Bertz CT molecular complexity index is 51.4. The summed E-state index contributed by atoms with van der Waals surface area (Å²) >= 11 is 0. The second-order valence-electron chi connectivity index (χ2n) is 2.82.